The molecule has 0 aromatic heterocycles. The zero-order valence-electron chi connectivity index (χ0n) is 11.1. The van der Waals surface area contributed by atoms with Gasteiger partial charge < -0.3 is 16.0 Å². The van der Waals surface area contributed by atoms with Gasteiger partial charge in [-0.15, -0.1) is 0 Å². The van der Waals surface area contributed by atoms with E-state index in [-0.39, 0.29) is 12.3 Å². The van der Waals surface area contributed by atoms with Crippen LogP contribution in [0.3, 0.4) is 0 Å². The Hall–Kier alpha value is -1.75. The number of anilines is 1. The molecule has 1 aromatic carbocycles. The minimum atomic E-state index is -0.747. The summed E-state index contributed by atoms with van der Waals surface area (Å²) < 4.78 is 0. The number of rotatable bonds is 5. The van der Waals surface area contributed by atoms with Crippen LogP contribution in [-0.4, -0.2) is 35.8 Å². The lowest BCUT2D eigenvalue weighted by atomic mass is 10.1. The molecule has 5 nitrogen and oxygen atoms in total. The second-order valence-corrected chi connectivity index (χ2v) is 5.28. The molecular weight excluding hydrogens is 278 g/mol. The van der Waals surface area contributed by atoms with Crippen molar-refractivity contribution in [1.82, 2.24) is 4.90 Å². The molecule has 0 spiro atoms. The predicted octanol–water partition coefficient (Wildman–Crippen LogP) is 1.62. The van der Waals surface area contributed by atoms with Gasteiger partial charge in [0, 0.05) is 13.1 Å². The van der Waals surface area contributed by atoms with Gasteiger partial charge in [-0.2, -0.15) is 0 Å². The van der Waals surface area contributed by atoms with Gasteiger partial charge in [0.25, 0.3) is 0 Å². The standard InChI is InChI=1S/C14H18ClN3O2/c15-10-5-1-2-6-11(10)17-12(14(16)20)9-13(19)18-7-3-4-8-18/h1-2,5-6,12,17H,3-4,7-9H2,(H2,16,20). The smallest absolute Gasteiger partial charge is 0.240 e. The number of benzene rings is 1. The van der Waals surface area contributed by atoms with E-state index in [0.717, 1.165) is 25.9 Å². The first kappa shape index (κ1) is 14.7. The molecule has 2 rings (SSSR count). The number of halogens is 1. The van der Waals surface area contributed by atoms with E-state index in [9.17, 15) is 9.59 Å². The van der Waals surface area contributed by atoms with Crippen molar-refractivity contribution in [2.75, 3.05) is 18.4 Å². The fourth-order valence-corrected chi connectivity index (χ4v) is 2.45. The van der Waals surface area contributed by atoms with Crippen molar-refractivity contribution < 1.29 is 9.59 Å². The Bertz CT molecular complexity index is 501. The van der Waals surface area contributed by atoms with Gasteiger partial charge in [-0.1, -0.05) is 23.7 Å². The number of nitrogens with two attached hydrogens (primary N) is 1. The largest absolute Gasteiger partial charge is 0.372 e. The Morgan fingerprint density at radius 2 is 1.95 bits per heavy atom. The van der Waals surface area contributed by atoms with Crippen LogP contribution in [-0.2, 0) is 9.59 Å². The van der Waals surface area contributed by atoms with Gasteiger partial charge in [-0.05, 0) is 25.0 Å². The van der Waals surface area contributed by atoms with Crippen LogP contribution in [0.25, 0.3) is 0 Å². The minimum Gasteiger partial charge on any atom is -0.372 e. The maximum Gasteiger partial charge on any atom is 0.240 e. The summed E-state index contributed by atoms with van der Waals surface area (Å²) >= 11 is 6.03. The van der Waals surface area contributed by atoms with E-state index in [1.165, 1.54) is 0 Å². The molecule has 3 N–H and O–H groups in total. The van der Waals surface area contributed by atoms with Crippen molar-refractivity contribution in [3.8, 4) is 0 Å². The maximum absolute atomic E-state index is 12.1. The predicted molar refractivity (Wildman–Crippen MR) is 78.5 cm³/mol. The van der Waals surface area contributed by atoms with Crippen LogP contribution in [0.4, 0.5) is 5.69 Å². The van der Waals surface area contributed by atoms with Crippen molar-refractivity contribution in [3.05, 3.63) is 29.3 Å². The molecule has 1 heterocycles. The Morgan fingerprint density at radius 1 is 1.30 bits per heavy atom. The van der Waals surface area contributed by atoms with Gasteiger partial charge in [0.1, 0.15) is 6.04 Å². The molecule has 1 aliphatic rings. The van der Waals surface area contributed by atoms with Gasteiger partial charge in [-0.3, -0.25) is 9.59 Å². The molecule has 0 bridgehead atoms. The molecule has 0 saturated carbocycles. The molecule has 1 atom stereocenters. The third-order valence-corrected chi connectivity index (χ3v) is 3.71. The topological polar surface area (TPSA) is 75.4 Å². The van der Waals surface area contributed by atoms with E-state index in [0.29, 0.717) is 10.7 Å². The summed E-state index contributed by atoms with van der Waals surface area (Å²) in [5.74, 6) is -0.608. The second kappa shape index (κ2) is 6.61. The summed E-state index contributed by atoms with van der Waals surface area (Å²) in [6.45, 7) is 1.52. The SMILES string of the molecule is NC(=O)C(CC(=O)N1CCCC1)Nc1ccccc1Cl. The third kappa shape index (κ3) is 3.63. The molecule has 0 radical (unpaired) electrons. The molecule has 20 heavy (non-hydrogen) atoms. The van der Waals surface area contributed by atoms with Gasteiger partial charge in [0.05, 0.1) is 17.1 Å². The monoisotopic (exact) mass is 295 g/mol. The first-order valence-corrected chi connectivity index (χ1v) is 7.04. The summed E-state index contributed by atoms with van der Waals surface area (Å²) in [4.78, 5) is 25.4. The summed E-state index contributed by atoms with van der Waals surface area (Å²) in [5, 5.41) is 3.44. The number of carbonyl (C=O) groups excluding carboxylic acids is 2. The summed E-state index contributed by atoms with van der Waals surface area (Å²) in [6.07, 6.45) is 2.09. The van der Waals surface area contributed by atoms with Crippen molar-refractivity contribution in [2.24, 2.45) is 5.73 Å². The molecule has 108 valence electrons. The fraction of sp³-hybridized carbons (Fsp3) is 0.429. The van der Waals surface area contributed by atoms with E-state index in [4.69, 9.17) is 17.3 Å². The fourth-order valence-electron chi connectivity index (χ4n) is 2.26. The number of likely N-dealkylation sites (tertiary alicyclic amines) is 1. The van der Waals surface area contributed by atoms with Crippen molar-refractivity contribution in [1.29, 1.82) is 0 Å². The van der Waals surface area contributed by atoms with Crippen LogP contribution in [0.5, 0.6) is 0 Å². The molecule has 6 heteroatoms. The van der Waals surface area contributed by atoms with Gasteiger partial charge in [0.15, 0.2) is 0 Å². The van der Waals surface area contributed by atoms with Crippen molar-refractivity contribution >= 4 is 29.1 Å². The van der Waals surface area contributed by atoms with Crippen LogP contribution in [0.1, 0.15) is 19.3 Å². The number of para-hydroxylation sites is 1. The molecule has 1 fully saturated rings. The van der Waals surface area contributed by atoms with Crippen LogP contribution in [0.15, 0.2) is 24.3 Å². The molecule has 0 aliphatic carbocycles. The maximum atomic E-state index is 12.1. The Kier molecular flexibility index (Phi) is 4.84. The molecule has 1 aromatic rings. The lowest BCUT2D eigenvalue weighted by Gasteiger charge is -2.21. The van der Waals surface area contributed by atoms with Gasteiger partial charge in [-0.25, -0.2) is 0 Å². The highest BCUT2D eigenvalue weighted by atomic mass is 35.5. The van der Waals surface area contributed by atoms with Crippen LogP contribution < -0.4 is 11.1 Å². The van der Waals surface area contributed by atoms with Gasteiger partial charge in [0.2, 0.25) is 11.8 Å². The highest BCUT2D eigenvalue weighted by Gasteiger charge is 2.25. The summed E-state index contributed by atoms with van der Waals surface area (Å²) in [5.41, 5.74) is 5.97. The van der Waals surface area contributed by atoms with E-state index < -0.39 is 11.9 Å². The lowest BCUT2D eigenvalue weighted by Crippen LogP contribution is -2.41. The van der Waals surface area contributed by atoms with E-state index in [1.807, 2.05) is 0 Å². The number of primary amides is 1. The Labute approximate surface area is 123 Å². The van der Waals surface area contributed by atoms with Crippen LogP contribution in [0.2, 0.25) is 5.02 Å². The molecule has 1 unspecified atom stereocenters. The van der Waals surface area contributed by atoms with Crippen LogP contribution >= 0.6 is 11.6 Å². The highest BCUT2D eigenvalue weighted by molar-refractivity contribution is 6.33. The summed E-state index contributed by atoms with van der Waals surface area (Å²) in [6, 6.07) is 6.31. The lowest BCUT2D eigenvalue weighted by molar-refractivity contribution is -0.132. The van der Waals surface area contributed by atoms with Crippen molar-refractivity contribution in [2.45, 2.75) is 25.3 Å². The Balaban J connectivity index is 2.02. The average molecular weight is 296 g/mol. The molecule has 1 aliphatic heterocycles. The molecule has 1 saturated heterocycles. The summed E-state index contributed by atoms with van der Waals surface area (Å²) in [7, 11) is 0. The average Bonchev–Trinajstić information content (AvgIpc) is 2.94. The zero-order chi connectivity index (χ0) is 14.5. The number of hydrogen-bond donors (Lipinski definition) is 2. The highest BCUT2D eigenvalue weighted by Crippen LogP contribution is 2.22. The van der Waals surface area contributed by atoms with Gasteiger partial charge >= 0.3 is 0 Å². The first-order chi connectivity index (χ1) is 9.58. The first-order valence-electron chi connectivity index (χ1n) is 6.66. The Morgan fingerprint density at radius 3 is 2.55 bits per heavy atom. The quantitative estimate of drug-likeness (QED) is 0.867. The zero-order valence-corrected chi connectivity index (χ0v) is 11.9. The second-order valence-electron chi connectivity index (χ2n) is 4.87. The number of nitrogens with zero attached hydrogens (tertiary/aromatic N) is 1. The molecular formula is C14H18ClN3O2. The van der Waals surface area contributed by atoms with Crippen LogP contribution in [0, 0.1) is 0 Å². The van der Waals surface area contributed by atoms with E-state index in [1.54, 1.807) is 29.2 Å². The number of carbonyl (C=O) groups is 2. The van der Waals surface area contributed by atoms with Crippen molar-refractivity contribution in [3.63, 3.8) is 0 Å². The minimum absolute atomic E-state index is 0.0501. The van der Waals surface area contributed by atoms with E-state index >= 15 is 0 Å². The number of nitrogens with one attached hydrogen (secondary N) is 1. The third-order valence-electron chi connectivity index (χ3n) is 3.38. The van der Waals surface area contributed by atoms with E-state index in [2.05, 4.69) is 5.32 Å². The number of hydrogen-bond acceptors (Lipinski definition) is 3. The normalized spacial score (nSPS) is 15.9. The number of amides is 2. The molecule has 2 amide bonds.